The van der Waals surface area contributed by atoms with Gasteiger partial charge in [-0.15, -0.1) is 12.4 Å². The maximum Gasteiger partial charge on any atom is 0.166 e. The second kappa shape index (κ2) is 8.70. The lowest BCUT2D eigenvalue weighted by Crippen LogP contribution is -2.31. The second-order valence-electron chi connectivity index (χ2n) is 5.69. The molecule has 0 atom stereocenters. The van der Waals surface area contributed by atoms with Gasteiger partial charge in [-0.2, -0.15) is 0 Å². The van der Waals surface area contributed by atoms with Crippen LogP contribution in [0.4, 0.5) is 0 Å². The van der Waals surface area contributed by atoms with E-state index in [1.165, 1.54) is 0 Å². The number of ether oxygens (including phenoxy) is 1. The van der Waals surface area contributed by atoms with Crippen molar-refractivity contribution in [1.82, 2.24) is 5.32 Å². The normalized spacial score (nSPS) is 14.8. The Morgan fingerprint density at radius 1 is 1.00 bits per heavy atom. The fraction of sp³-hybridized carbons (Fsp3) is 0.316. The lowest BCUT2D eigenvalue weighted by atomic mass is 9.90. The lowest BCUT2D eigenvalue weighted by molar-refractivity contribution is 0.0895. The van der Waals surface area contributed by atoms with Crippen molar-refractivity contribution in [3.63, 3.8) is 0 Å². The van der Waals surface area contributed by atoms with E-state index in [4.69, 9.17) is 4.74 Å². The molecule has 0 aliphatic carbocycles. The zero-order valence-corrected chi connectivity index (χ0v) is 13.9. The minimum atomic E-state index is 0. The molecule has 1 N–H and O–H groups in total. The maximum absolute atomic E-state index is 12.4. The number of halogens is 1. The number of Topliss-reactive ketones (excluding diaryl/α,β-unsaturated/α-hetero) is 1. The van der Waals surface area contributed by atoms with Gasteiger partial charge in [-0.3, -0.25) is 4.79 Å². The maximum atomic E-state index is 12.4. The molecule has 0 saturated carbocycles. The van der Waals surface area contributed by atoms with Crippen molar-refractivity contribution < 1.29 is 9.53 Å². The summed E-state index contributed by atoms with van der Waals surface area (Å²) in [5.41, 5.74) is 1.93. The molecule has 23 heavy (non-hydrogen) atoms. The molecule has 1 aliphatic heterocycles. The SMILES string of the molecule is Cl.O=C(c1ccc(OCc2ccccc2)cc1)C1CCNCC1. The molecule has 0 spiro atoms. The Morgan fingerprint density at radius 2 is 1.65 bits per heavy atom. The van der Waals surface area contributed by atoms with Gasteiger partial charge in [-0.05, 0) is 55.8 Å². The van der Waals surface area contributed by atoms with Gasteiger partial charge in [-0.25, -0.2) is 0 Å². The Morgan fingerprint density at radius 3 is 2.30 bits per heavy atom. The van der Waals surface area contributed by atoms with E-state index in [9.17, 15) is 4.79 Å². The summed E-state index contributed by atoms with van der Waals surface area (Å²) in [4.78, 5) is 12.4. The number of hydrogen-bond acceptors (Lipinski definition) is 3. The van der Waals surface area contributed by atoms with Crippen LogP contribution in [0.1, 0.15) is 28.8 Å². The monoisotopic (exact) mass is 331 g/mol. The zero-order chi connectivity index (χ0) is 15.2. The van der Waals surface area contributed by atoms with Crippen LogP contribution in [0.25, 0.3) is 0 Å². The molecular formula is C19H22ClNO2. The van der Waals surface area contributed by atoms with Crippen LogP contribution in [0.5, 0.6) is 5.75 Å². The average Bonchev–Trinajstić information content (AvgIpc) is 2.61. The summed E-state index contributed by atoms with van der Waals surface area (Å²) < 4.78 is 5.75. The summed E-state index contributed by atoms with van der Waals surface area (Å²) in [5, 5.41) is 3.29. The Hall–Kier alpha value is -1.84. The highest BCUT2D eigenvalue weighted by atomic mass is 35.5. The Balaban J connectivity index is 0.00000192. The lowest BCUT2D eigenvalue weighted by Gasteiger charge is -2.21. The van der Waals surface area contributed by atoms with Crippen molar-refractivity contribution in [2.75, 3.05) is 13.1 Å². The number of benzene rings is 2. The van der Waals surface area contributed by atoms with Crippen LogP contribution in [0, 0.1) is 5.92 Å². The molecule has 3 rings (SSSR count). The van der Waals surface area contributed by atoms with E-state index in [1.807, 2.05) is 54.6 Å². The molecule has 1 aliphatic rings. The zero-order valence-electron chi connectivity index (χ0n) is 13.0. The molecule has 0 aromatic heterocycles. The standard InChI is InChI=1S/C19H21NO2.ClH/c21-19(17-10-12-20-13-11-17)16-6-8-18(9-7-16)22-14-15-4-2-1-3-5-15;/h1-9,17,20H,10-14H2;1H. The molecule has 4 heteroatoms. The van der Waals surface area contributed by atoms with Crippen molar-refractivity contribution >= 4 is 18.2 Å². The number of ketones is 1. The molecule has 3 nitrogen and oxygen atoms in total. The fourth-order valence-electron chi connectivity index (χ4n) is 2.78. The highest BCUT2D eigenvalue weighted by Crippen LogP contribution is 2.20. The van der Waals surface area contributed by atoms with Crippen LogP contribution in [-0.2, 0) is 6.61 Å². The van der Waals surface area contributed by atoms with Gasteiger partial charge in [-0.1, -0.05) is 30.3 Å². The van der Waals surface area contributed by atoms with Crippen LogP contribution in [-0.4, -0.2) is 18.9 Å². The van der Waals surface area contributed by atoms with Crippen LogP contribution in [0.2, 0.25) is 0 Å². The van der Waals surface area contributed by atoms with E-state index < -0.39 is 0 Å². The topological polar surface area (TPSA) is 38.3 Å². The van der Waals surface area contributed by atoms with Crippen molar-refractivity contribution in [2.45, 2.75) is 19.4 Å². The molecule has 122 valence electrons. The van der Waals surface area contributed by atoms with Gasteiger partial charge in [0.2, 0.25) is 0 Å². The number of nitrogens with one attached hydrogen (secondary N) is 1. The van der Waals surface area contributed by atoms with Crippen LogP contribution in [0.15, 0.2) is 54.6 Å². The third-order valence-corrected chi connectivity index (χ3v) is 4.10. The van der Waals surface area contributed by atoms with Crippen LogP contribution in [0.3, 0.4) is 0 Å². The largest absolute Gasteiger partial charge is 0.489 e. The highest BCUT2D eigenvalue weighted by Gasteiger charge is 2.21. The molecule has 1 heterocycles. The Bertz CT molecular complexity index is 607. The molecule has 1 fully saturated rings. The predicted octanol–water partition coefficient (Wildman–Crippen LogP) is 3.87. The number of carbonyl (C=O) groups is 1. The average molecular weight is 332 g/mol. The van der Waals surface area contributed by atoms with Gasteiger partial charge in [0.25, 0.3) is 0 Å². The first-order valence-corrected chi connectivity index (χ1v) is 7.84. The van der Waals surface area contributed by atoms with E-state index in [2.05, 4.69) is 5.32 Å². The Kier molecular flexibility index (Phi) is 6.63. The summed E-state index contributed by atoms with van der Waals surface area (Å²) in [6.45, 7) is 2.42. The van der Waals surface area contributed by atoms with Gasteiger partial charge in [0, 0.05) is 11.5 Å². The smallest absolute Gasteiger partial charge is 0.166 e. The molecule has 0 bridgehead atoms. The summed E-state index contributed by atoms with van der Waals surface area (Å²) in [7, 11) is 0. The predicted molar refractivity (Wildman–Crippen MR) is 94.4 cm³/mol. The second-order valence-corrected chi connectivity index (χ2v) is 5.69. The number of hydrogen-bond donors (Lipinski definition) is 1. The molecule has 1 saturated heterocycles. The molecule has 0 radical (unpaired) electrons. The summed E-state index contributed by atoms with van der Waals surface area (Å²) in [5.74, 6) is 1.22. The van der Waals surface area contributed by atoms with Crippen molar-refractivity contribution in [3.8, 4) is 5.75 Å². The minimum absolute atomic E-state index is 0. The van der Waals surface area contributed by atoms with E-state index in [0.717, 1.165) is 42.8 Å². The Labute approximate surface area is 143 Å². The molecule has 2 aromatic rings. The van der Waals surface area contributed by atoms with Gasteiger partial charge in [0.15, 0.2) is 5.78 Å². The third kappa shape index (κ3) is 4.81. The van der Waals surface area contributed by atoms with Gasteiger partial charge in [0.05, 0.1) is 0 Å². The van der Waals surface area contributed by atoms with E-state index >= 15 is 0 Å². The highest BCUT2D eigenvalue weighted by molar-refractivity contribution is 5.98. The first-order chi connectivity index (χ1) is 10.8. The first-order valence-electron chi connectivity index (χ1n) is 7.84. The molecule has 0 unspecified atom stereocenters. The summed E-state index contributed by atoms with van der Waals surface area (Å²) >= 11 is 0. The van der Waals surface area contributed by atoms with Crippen molar-refractivity contribution in [2.24, 2.45) is 5.92 Å². The number of carbonyl (C=O) groups excluding carboxylic acids is 1. The van der Waals surface area contributed by atoms with Crippen molar-refractivity contribution in [1.29, 1.82) is 0 Å². The first kappa shape index (κ1) is 17.5. The number of rotatable bonds is 5. The summed E-state index contributed by atoms with van der Waals surface area (Å²) in [6.07, 6.45) is 1.87. The fourth-order valence-corrected chi connectivity index (χ4v) is 2.78. The molecule has 0 amide bonds. The van der Waals surface area contributed by atoms with E-state index in [-0.39, 0.29) is 24.1 Å². The van der Waals surface area contributed by atoms with E-state index in [0.29, 0.717) is 6.61 Å². The number of piperidine rings is 1. The van der Waals surface area contributed by atoms with Crippen molar-refractivity contribution in [3.05, 3.63) is 65.7 Å². The van der Waals surface area contributed by atoms with Gasteiger partial charge >= 0.3 is 0 Å². The van der Waals surface area contributed by atoms with E-state index in [1.54, 1.807) is 0 Å². The van der Waals surface area contributed by atoms with Gasteiger partial charge < -0.3 is 10.1 Å². The van der Waals surface area contributed by atoms with Crippen LogP contribution >= 0.6 is 12.4 Å². The molecule has 2 aromatic carbocycles. The van der Waals surface area contributed by atoms with Gasteiger partial charge in [0.1, 0.15) is 12.4 Å². The minimum Gasteiger partial charge on any atom is -0.489 e. The third-order valence-electron chi connectivity index (χ3n) is 4.10. The summed E-state index contributed by atoms with van der Waals surface area (Å²) in [6, 6.07) is 17.6. The molecular weight excluding hydrogens is 310 g/mol. The van der Waals surface area contributed by atoms with Crippen LogP contribution < -0.4 is 10.1 Å². The quantitative estimate of drug-likeness (QED) is 0.845.